The van der Waals surface area contributed by atoms with Gasteiger partial charge in [-0.25, -0.2) is 0 Å². The first-order valence-electron chi connectivity index (χ1n) is 5.00. The summed E-state index contributed by atoms with van der Waals surface area (Å²) in [6.07, 6.45) is 2.55. The van der Waals surface area contributed by atoms with E-state index in [-0.39, 0.29) is 0 Å². The van der Waals surface area contributed by atoms with Gasteiger partial charge in [0.25, 0.3) is 0 Å². The topological polar surface area (TPSA) is 12.0 Å². The monoisotopic (exact) mass is 197 g/mol. The van der Waals surface area contributed by atoms with Crippen molar-refractivity contribution in [2.24, 2.45) is 0 Å². The fourth-order valence-electron chi connectivity index (χ4n) is 1.25. The van der Waals surface area contributed by atoms with Crippen LogP contribution in [0.25, 0.3) is 0 Å². The van der Waals surface area contributed by atoms with E-state index >= 15 is 0 Å². The lowest BCUT2D eigenvalue weighted by Crippen LogP contribution is -2.13. The van der Waals surface area contributed by atoms with Crippen LogP contribution in [0.4, 0.5) is 0 Å². The van der Waals surface area contributed by atoms with Crippen LogP contribution in [0.1, 0.15) is 35.1 Å². The van der Waals surface area contributed by atoms with Gasteiger partial charge >= 0.3 is 0 Å². The van der Waals surface area contributed by atoms with E-state index in [1.165, 1.54) is 28.2 Å². The Kier molecular flexibility index (Phi) is 4.46. The van der Waals surface area contributed by atoms with Crippen LogP contribution in [0, 0.1) is 13.8 Å². The maximum atomic E-state index is 3.45. The second-order valence-electron chi connectivity index (χ2n) is 3.48. The van der Waals surface area contributed by atoms with Gasteiger partial charge in [-0.3, -0.25) is 0 Å². The summed E-state index contributed by atoms with van der Waals surface area (Å²) in [7, 11) is 0. The van der Waals surface area contributed by atoms with E-state index < -0.39 is 0 Å². The normalized spacial score (nSPS) is 10.7. The molecule has 0 aliphatic heterocycles. The minimum atomic E-state index is 1.04. The minimum absolute atomic E-state index is 1.04. The molecule has 74 valence electrons. The van der Waals surface area contributed by atoms with E-state index in [0.29, 0.717) is 0 Å². The third-order valence-corrected chi connectivity index (χ3v) is 3.38. The molecule has 1 aromatic heterocycles. The summed E-state index contributed by atoms with van der Waals surface area (Å²) in [6.45, 7) is 8.78. The molecule has 2 heteroatoms. The van der Waals surface area contributed by atoms with Crippen molar-refractivity contribution in [1.82, 2.24) is 5.32 Å². The number of unbranched alkanes of at least 4 members (excludes halogenated alkanes) is 1. The molecule has 1 heterocycles. The molecule has 0 atom stereocenters. The molecular formula is C11H19NS. The molecule has 1 rings (SSSR count). The van der Waals surface area contributed by atoms with Crippen molar-refractivity contribution in [3.05, 3.63) is 21.4 Å². The molecule has 1 N–H and O–H groups in total. The van der Waals surface area contributed by atoms with E-state index in [9.17, 15) is 0 Å². The minimum Gasteiger partial charge on any atom is -0.312 e. The first-order valence-corrected chi connectivity index (χ1v) is 5.82. The van der Waals surface area contributed by atoms with Gasteiger partial charge in [-0.15, -0.1) is 11.3 Å². The maximum absolute atomic E-state index is 3.45. The maximum Gasteiger partial charge on any atom is 0.0299 e. The zero-order valence-electron chi connectivity index (χ0n) is 8.81. The fourth-order valence-corrected chi connectivity index (χ4v) is 2.27. The fraction of sp³-hybridized carbons (Fsp3) is 0.636. The highest BCUT2D eigenvalue weighted by Gasteiger charge is 1.99. The quantitative estimate of drug-likeness (QED) is 0.714. The average Bonchev–Trinajstić information content (AvgIpc) is 2.41. The van der Waals surface area contributed by atoms with E-state index in [2.05, 4.69) is 32.2 Å². The Hall–Kier alpha value is -0.340. The number of thiophene rings is 1. The van der Waals surface area contributed by atoms with Crippen molar-refractivity contribution in [3.8, 4) is 0 Å². The molecule has 0 aromatic carbocycles. The first-order chi connectivity index (χ1) is 6.24. The SMILES string of the molecule is CCCCNCc1cc(C)c(C)s1. The van der Waals surface area contributed by atoms with Crippen molar-refractivity contribution in [2.75, 3.05) is 6.54 Å². The summed E-state index contributed by atoms with van der Waals surface area (Å²) in [6, 6.07) is 2.29. The molecule has 0 radical (unpaired) electrons. The molecule has 0 aliphatic carbocycles. The molecule has 0 bridgehead atoms. The number of aryl methyl sites for hydroxylation is 2. The summed E-state index contributed by atoms with van der Waals surface area (Å²) >= 11 is 1.91. The summed E-state index contributed by atoms with van der Waals surface area (Å²) < 4.78 is 0. The first kappa shape index (κ1) is 10.7. The van der Waals surface area contributed by atoms with Gasteiger partial charge in [0.15, 0.2) is 0 Å². The van der Waals surface area contributed by atoms with Crippen molar-refractivity contribution in [2.45, 2.75) is 40.2 Å². The number of hydrogen-bond donors (Lipinski definition) is 1. The molecular weight excluding hydrogens is 178 g/mol. The van der Waals surface area contributed by atoms with Gasteiger partial charge < -0.3 is 5.32 Å². The van der Waals surface area contributed by atoms with Crippen molar-refractivity contribution in [3.63, 3.8) is 0 Å². The lowest BCUT2D eigenvalue weighted by atomic mass is 10.3. The molecule has 0 unspecified atom stereocenters. The second kappa shape index (κ2) is 5.40. The predicted octanol–water partition coefficient (Wildman–Crippen LogP) is 3.25. The van der Waals surface area contributed by atoms with Gasteiger partial charge in [-0.1, -0.05) is 13.3 Å². The largest absolute Gasteiger partial charge is 0.312 e. The third-order valence-electron chi connectivity index (χ3n) is 2.22. The highest BCUT2D eigenvalue weighted by molar-refractivity contribution is 7.12. The van der Waals surface area contributed by atoms with Crippen LogP contribution in [0.5, 0.6) is 0 Å². The van der Waals surface area contributed by atoms with Crippen molar-refractivity contribution < 1.29 is 0 Å². The van der Waals surface area contributed by atoms with Crippen LogP contribution in [-0.4, -0.2) is 6.54 Å². The number of rotatable bonds is 5. The Morgan fingerprint density at radius 1 is 1.38 bits per heavy atom. The standard InChI is InChI=1S/C11H19NS/c1-4-5-6-12-8-11-7-9(2)10(3)13-11/h7,12H,4-6,8H2,1-3H3. The number of nitrogens with one attached hydrogen (secondary N) is 1. The van der Waals surface area contributed by atoms with Crippen LogP contribution in [0.15, 0.2) is 6.07 Å². The summed E-state index contributed by atoms with van der Waals surface area (Å²) in [4.78, 5) is 2.92. The lowest BCUT2D eigenvalue weighted by molar-refractivity contribution is 0.646. The Morgan fingerprint density at radius 3 is 2.69 bits per heavy atom. The van der Waals surface area contributed by atoms with Gasteiger partial charge in [-0.2, -0.15) is 0 Å². The Morgan fingerprint density at radius 2 is 2.15 bits per heavy atom. The van der Waals surface area contributed by atoms with E-state index in [4.69, 9.17) is 0 Å². The van der Waals surface area contributed by atoms with Gasteiger partial charge in [-0.05, 0) is 38.4 Å². The zero-order valence-corrected chi connectivity index (χ0v) is 9.63. The molecule has 0 fully saturated rings. The number of hydrogen-bond acceptors (Lipinski definition) is 2. The predicted molar refractivity (Wildman–Crippen MR) is 60.4 cm³/mol. The average molecular weight is 197 g/mol. The molecule has 0 saturated heterocycles. The molecule has 1 nitrogen and oxygen atoms in total. The summed E-state index contributed by atoms with van der Waals surface area (Å²) in [5, 5.41) is 3.45. The highest BCUT2D eigenvalue weighted by atomic mass is 32.1. The Bertz CT molecular complexity index is 233. The van der Waals surface area contributed by atoms with Gasteiger partial charge in [0.2, 0.25) is 0 Å². The molecule has 1 aromatic rings. The third kappa shape index (κ3) is 3.49. The van der Waals surface area contributed by atoms with Crippen molar-refractivity contribution >= 4 is 11.3 Å². The van der Waals surface area contributed by atoms with Crippen LogP contribution in [0.3, 0.4) is 0 Å². The smallest absolute Gasteiger partial charge is 0.0299 e. The molecule has 13 heavy (non-hydrogen) atoms. The molecule has 0 saturated carbocycles. The van der Waals surface area contributed by atoms with Crippen LogP contribution in [0.2, 0.25) is 0 Å². The van der Waals surface area contributed by atoms with Crippen LogP contribution >= 0.6 is 11.3 Å². The zero-order chi connectivity index (χ0) is 9.68. The van der Waals surface area contributed by atoms with E-state index in [0.717, 1.165) is 13.1 Å². The molecule has 0 spiro atoms. The second-order valence-corrected chi connectivity index (χ2v) is 4.82. The summed E-state index contributed by atoms with van der Waals surface area (Å²) in [5.41, 5.74) is 1.43. The molecule has 0 aliphatic rings. The van der Waals surface area contributed by atoms with Crippen molar-refractivity contribution in [1.29, 1.82) is 0 Å². The van der Waals surface area contributed by atoms with Gasteiger partial charge in [0.1, 0.15) is 0 Å². The highest BCUT2D eigenvalue weighted by Crippen LogP contribution is 2.20. The summed E-state index contributed by atoms with van der Waals surface area (Å²) in [5.74, 6) is 0. The van der Waals surface area contributed by atoms with Gasteiger partial charge in [0, 0.05) is 16.3 Å². The molecule has 0 amide bonds. The Labute approximate surface area is 85.2 Å². The van der Waals surface area contributed by atoms with Crippen LogP contribution < -0.4 is 5.32 Å². The van der Waals surface area contributed by atoms with Gasteiger partial charge in [0.05, 0.1) is 0 Å². The van der Waals surface area contributed by atoms with Crippen LogP contribution in [-0.2, 0) is 6.54 Å². The lowest BCUT2D eigenvalue weighted by Gasteiger charge is -1.99. The Balaban J connectivity index is 2.29. The van der Waals surface area contributed by atoms with E-state index in [1.54, 1.807) is 0 Å². The van der Waals surface area contributed by atoms with E-state index in [1.807, 2.05) is 11.3 Å².